The Kier molecular flexibility index (Phi) is 3.79. The smallest absolute Gasteiger partial charge is 0.320 e. The van der Waals surface area contributed by atoms with Gasteiger partial charge in [-0.1, -0.05) is 12.1 Å². The third-order valence-corrected chi connectivity index (χ3v) is 3.53. The standard InChI is InChI=1S/C8H10O4S2/c1-12-8-4-2-7(3-5-8)6-13-14(9,10)11/h2-5H,6H2,1H3,(H,9,10,11). The minimum atomic E-state index is -3.95. The second-order valence-corrected chi connectivity index (χ2v) is 5.89. The van der Waals surface area contributed by atoms with Gasteiger partial charge in [-0.2, -0.15) is 8.42 Å². The number of methoxy groups -OCH3 is 1. The Morgan fingerprint density at radius 3 is 2.36 bits per heavy atom. The minimum Gasteiger partial charge on any atom is -0.497 e. The SMILES string of the molecule is COc1ccc(CSS(=O)(=O)O)cc1. The molecule has 0 spiro atoms. The predicted octanol–water partition coefficient (Wildman–Crippen LogP) is 1.73. The van der Waals surface area contributed by atoms with Gasteiger partial charge in [-0.15, -0.1) is 0 Å². The van der Waals surface area contributed by atoms with Crippen molar-refractivity contribution in [1.29, 1.82) is 0 Å². The first-order valence-corrected chi connectivity index (χ1v) is 6.70. The Balaban J connectivity index is 2.61. The topological polar surface area (TPSA) is 63.6 Å². The Hall–Kier alpha value is -0.720. The molecule has 1 rings (SSSR count). The van der Waals surface area contributed by atoms with Crippen molar-refractivity contribution in [3.05, 3.63) is 29.8 Å². The highest BCUT2D eigenvalue weighted by Crippen LogP contribution is 2.19. The first kappa shape index (κ1) is 11.4. The predicted molar refractivity (Wildman–Crippen MR) is 55.8 cm³/mol. The van der Waals surface area contributed by atoms with E-state index in [2.05, 4.69) is 0 Å². The largest absolute Gasteiger partial charge is 0.497 e. The molecular weight excluding hydrogens is 224 g/mol. The summed E-state index contributed by atoms with van der Waals surface area (Å²) in [5.74, 6) is 0.939. The lowest BCUT2D eigenvalue weighted by Gasteiger charge is -2.01. The molecule has 14 heavy (non-hydrogen) atoms. The molecule has 4 nitrogen and oxygen atoms in total. The zero-order valence-corrected chi connectivity index (χ0v) is 9.14. The van der Waals surface area contributed by atoms with E-state index in [0.29, 0.717) is 16.5 Å². The summed E-state index contributed by atoms with van der Waals surface area (Å²) in [6.45, 7) is 0. The first-order valence-electron chi connectivity index (χ1n) is 3.76. The molecule has 0 saturated heterocycles. The van der Waals surface area contributed by atoms with Gasteiger partial charge in [0.25, 0.3) is 0 Å². The van der Waals surface area contributed by atoms with Crippen LogP contribution in [0, 0.1) is 0 Å². The van der Waals surface area contributed by atoms with Crippen molar-refractivity contribution in [1.82, 2.24) is 0 Å². The minimum absolute atomic E-state index is 0.225. The quantitative estimate of drug-likeness (QED) is 0.635. The molecule has 0 aliphatic carbocycles. The summed E-state index contributed by atoms with van der Waals surface area (Å²) in [7, 11) is -1.91. The van der Waals surface area contributed by atoms with E-state index in [9.17, 15) is 8.42 Å². The summed E-state index contributed by atoms with van der Waals surface area (Å²) < 4.78 is 34.3. The summed E-state index contributed by atoms with van der Waals surface area (Å²) in [4.78, 5) is 0. The lowest BCUT2D eigenvalue weighted by Crippen LogP contribution is -1.91. The van der Waals surface area contributed by atoms with E-state index in [0.717, 1.165) is 5.56 Å². The molecule has 1 N–H and O–H groups in total. The van der Waals surface area contributed by atoms with Crippen LogP contribution in [-0.2, 0) is 14.9 Å². The van der Waals surface area contributed by atoms with Crippen LogP contribution in [0.25, 0.3) is 0 Å². The third-order valence-electron chi connectivity index (χ3n) is 1.53. The molecule has 0 atom stereocenters. The first-order chi connectivity index (χ1) is 6.51. The van der Waals surface area contributed by atoms with Crippen molar-refractivity contribution in [2.45, 2.75) is 5.75 Å². The molecule has 0 aliphatic heterocycles. The molecule has 78 valence electrons. The van der Waals surface area contributed by atoms with Crippen molar-refractivity contribution in [2.24, 2.45) is 0 Å². The molecule has 1 aromatic carbocycles. The zero-order valence-electron chi connectivity index (χ0n) is 7.50. The summed E-state index contributed by atoms with van der Waals surface area (Å²) in [5.41, 5.74) is 0.813. The van der Waals surface area contributed by atoms with Crippen LogP contribution < -0.4 is 4.74 Å². The van der Waals surface area contributed by atoms with Gasteiger partial charge in [-0.3, -0.25) is 4.55 Å². The maximum Gasteiger partial charge on any atom is 0.320 e. The summed E-state index contributed by atoms with van der Waals surface area (Å²) >= 11 is 0. The molecule has 1 aromatic rings. The Morgan fingerprint density at radius 2 is 1.93 bits per heavy atom. The van der Waals surface area contributed by atoms with Gasteiger partial charge in [0.1, 0.15) is 5.75 Å². The van der Waals surface area contributed by atoms with Crippen LogP contribution in [0.2, 0.25) is 0 Å². The van der Waals surface area contributed by atoms with Crippen molar-refractivity contribution in [3.8, 4) is 5.75 Å². The zero-order chi connectivity index (χ0) is 10.6. The molecule has 0 bridgehead atoms. The van der Waals surface area contributed by atoms with Crippen LogP contribution in [0.15, 0.2) is 24.3 Å². The lowest BCUT2D eigenvalue weighted by molar-refractivity contribution is 0.414. The van der Waals surface area contributed by atoms with E-state index in [-0.39, 0.29) is 5.75 Å². The number of hydrogen-bond acceptors (Lipinski definition) is 4. The van der Waals surface area contributed by atoms with Crippen molar-refractivity contribution >= 4 is 19.9 Å². The maximum absolute atomic E-state index is 10.4. The summed E-state index contributed by atoms with van der Waals surface area (Å²) in [6.07, 6.45) is 0. The molecule has 0 aromatic heterocycles. The van der Waals surface area contributed by atoms with Gasteiger partial charge < -0.3 is 4.74 Å². The molecule has 0 heterocycles. The van der Waals surface area contributed by atoms with E-state index in [1.165, 1.54) is 0 Å². The molecule has 0 saturated carbocycles. The normalized spacial score (nSPS) is 11.3. The van der Waals surface area contributed by atoms with Crippen LogP contribution in [-0.4, -0.2) is 20.1 Å². The molecule has 0 unspecified atom stereocenters. The number of benzene rings is 1. The fraction of sp³-hybridized carbons (Fsp3) is 0.250. The third kappa shape index (κ3) is 3.99. The van der Waals surface area contributed by atoms with Crippen molar-refractivity contribution in [3.63, 3.8) is 0 Å². The molecule has 0 amide bonds. The fourth-order valence-electron chi connectivity index (χ4n) is 0.864. The number of ether oxygens (including phenoxy) is 1. The van der Waals surface area contributed by atoms with E-state index in [4.69, 9.17) is 9.29 Å². The average Bonchev–Trinajstić information content (AvgIpc) is 2.14. The van der Waals surface area contributed by atoms with Crippen molar-refractivity contribution < 1.29 is 17.7 Å². The van der Waals surface area contributed by atoms with E-state index in [1.54, 1.807) is 31.4 Å². The van der Waals surface area contributed by atoms with E-state index < -0.39 is 9.15 Å². The second kappa shape index (κ2) is 4.68. The van der Waals surface area contributed by atoms with Crippen LogP contribution in [0.5, 0.6) is 5.75 Å². The van der Waals surface area contributed by atoms with Crippen LogP contribution >= 0.6 is 10.8 Å². The Morgan fingerprint density at radius 1 is 1.36 bits per heavy atom. The van der Waals surface area contributed by atoms with Crippen molar-refractivity contribution in [2.75, 3.05) is 7.11 Å². The van der Waals surface area contributed by atoms with Gasteiger partial charge >= 0.3 is 9.15 Å². The van der Waals surface area contributed by atoms with Gasteiger partial charge in [0, 0.05) is 16.5 Å². The highest BCUT2D eigenvalue weighted by molar-refractivity contribution is 8.69. The Labute approximate surface area is 86.4 Å². The highest BCUT2D eigenvalue weighted by atomic mass is 33.1. The van der Waals surface area contributed by atoms with Crippen LogP contribution in [0.1, 0.15) is 5.56 Å². The maximum atomic E-state index is 10.4. The monoisotopic (exact) mass is 234 g/mol. The highest BCUT2D eigenvalue weighted by Gasteiger charge is 2.05. The summed E-state index contributed by atoms with van der Waals surface area (Å²) in [5, 5.41) is 0. The molecular formula is C8H10O4S2. The lowest BCUT2D eigenvalue weighted by atomic mass is 10.2. The van der Waals surface area contributed by atoms with E-state index >= 15 is 0 Å². The van der Waals surface area contributed by atoms with Gasteiger partial charge in [0.2, 0.25) is 0 Å². The second-order valence-electron chi connectivity index (χ2n) is 2.54. The Bertz CT molecular complexity index is 382. The van der Waals surface area contributed by atoms with Crippen LogP contribution in [0.4, 0.5) is 0 Å². The fourth-order valence-corrected chi connectivity index (χ4v) is 2.20. The van der Waals surface area contributed by atoms with Gasteiger partial charge in [-0.25, -0.2) is 0 Å². The van der Waals surface area contributed by atoms with Gasteiger partial charge in [-0.05, 0) is 17.7 Å². The van der Waals surface area contributed by atoms with Gasteiger partial charge in [0.15, 0.2) is 0 Å². The van der Waals surface area contributed by atoms with Gasteiger partial charge in [0.05, 0.1) is 7.11 Å². The number of rotatable bonds is 4. The van der Waals surface area contributed by atoms with Crippen LogP contribution in [0.3, 0.4) is 0 Å². The van der Waals surface area contributed by atoms with E-state index in [1.807, 2.05) is 0 Å². The summed E-state index contributed by atoms with van der Waals surface area (Å²) in [6, 6.07) is 6.97. The molecule has 0 aliphatic rings. The molecule has 0 fully saturated rings. The molecule has 0 radical (unpaired) electrons. The average molecular weight is 234 g/mol. The molecule has 6 heteroatoms. The number of hydrogen-bond donors (Lipinski definition) is 1.